The predicted octanol–water partition coefficient (Wildman–Crippen LogP) is 5.29. The van der Waals surface area contributed by atoms with Crippen LogP contribution in [0.3, 0.4) is 0 Å². The van der Waals surface area contributed by atoms with Gasteiger partial charge in [-0.1, -0.05) is 60.7 Å². The number of allylic oxidation sites excluding steroid dienone is 1. The number of fused-ring (bicyclic) bond motifs is 2. The Hall–Kier alpha value is -4.76. The summed E-state index contributed by atoms with van der Waals surface area (Å²) in [6, 6.07) is 27.8. The van der Waals surface area contributed by atoms with Crippen molar-refractivity contribution in [1.82, 2.24) is 0 Å². The van der Waals surface area contributed by atoms with Gasteiger partial charge in [0.25, 0.3) is 0 Å². The zero-order valence-corrected chi connectivity index (χ0v) is 18.3. The third-order valence-corrected chi connectivity index (χ3v) is 5.86. The number of esters is 1. The van der Waals surface area contributed by atoms with Crippen molar-refractivity contribution in [3.05, 3.63) is 113 Å². The van der Waals surface area contributed by atoms with Gasteiger partial charge < -0.3 is 19.9 Å². The van der Waals surface area contributed by atoms with Crippen LogP contribution in [0.25, 0.3) is 10.8 Å². The van der Waals surface area contributed by atoms with Crippen molar-refractivity contribution in [3.8, 4) is 23.3 Å². The number of hydrogen-bond acceptors (Lipinski definition) is 6. The number of rotatable bonds is 4. The van der Waals surface area contributed by atoms with Gasteiger partial charge in [0.15, 0.2) is 0 Å². The second kappa shape index (κ2) is 8.64. The van der Waals surface area contributed by atoms with E-state index in [2.05, 4.69) is 6.07 Å². The molecule has 0 radical (unpaired) electrons. The first-order chi connectivity index (χ1) is 16.6. The monoisotopic (exact) mass is 448 g/mol. The molecule has 0 spiro atoms. The zero-order valence-electron chi connectivity index (χ0n) is 18.3. The lowest BCUT2D eigenvalue weighted by Crippen LogP contribution is -2.21. The van der Waals surface area contributed by atoms with Crippen molar-refractivity contribution >= 4 is 16.7 Å². The molecule has 1 aliphatic rings. The van der Waals surface area contributed by atoms with E-state index >= 15 is 0 Å². The highest BCUT2D eigenvalue weighted by atomic mass is 16.5. The highest BCUT2D eigenvalue weighted by Gasteiger charge is 2.32. The summed E-state index contributed by atoms with van der Waals surface area (Å²) >= 11 is 0. The first-order valence-electron chi connectivity index (χ1n) is 10.6. The van der Waals surface area contributed by atoms with Crippen LogP contribution < -0.4 is 19.9 Å². The van der Waals surface area contributed by atoms with Gasteiger partial charge in [-0.3, -0.25) is 0 Å². The van der Waals surface area contributed by atoms with Crippen LogP contribution in [0, 0.1) is 11.3 Å². The van der Waals surface area contributed by atoms with Crippen LogP contribution in [-0.2, 0) is 0 Å². The standard InChI is InChI=1S/C28H20N2O4/c1-32-24-12-5-4-10-21(24)26-22-14-13-18(15-25(22)34-27(30)23(26)16-29)33-28(31)20-11-6-8-17-7-2-3-9-19(17)20/h2-15,26H,30H2,1H3. The number of nitrogens with two attached hydrogens (primary N) is 1. The molecule has 2 N–H and O–H groups in total. The van der Waals surface area contributed by atoms with E-state index in [1.165, 1.54) is 0 Å². The van der Waals surface area contributed by atoms with E-state index in [9.17, 15) is 10.1 Å². The second-order valence-corrected chi connectivity index (χ2v) is 7.78. The zero-order chi connectivity index (χ0) is 23.7. The minimum absolute atomic E-state index is 0.00318. The summed E-state index contributed by atoms with van der Waals surface area (Å²) in [5, 5.41) is 11.6. The van der Waals surface area contributed by atoms with Gasteiger partial charge in [-0.15, -0.1) is 0 Å². The minimum Gasteiger partial charge on any atom is -0.496 e. The average molecular weight is 448 g/mol. The Kier molecular flexibility index (Phi) is 5.36. The molecule has 1 atom stereocenters. The topological polar surface area (TPSA) is 94.6 Å². The van der Waals surface area contributed by atoms with E-state index < -0.39 is 11.9 Å². The van der Waals surface area contributed by atoms with E-state index in [1.807, 2.05) is 60.7 Å². The van der Waals surface area contributed by atoms with Gasteiger partial charge >= 0.3 is 5.97 Å². The van der Waals surface area contributed by atoms with Crippen molar-refractivity contribution in [3.63, 3.8) is 0 Å². The minimum atomic E-state index is -0.479. The van der Waals surface area contributed by atoms with Crippen LogP contribution >= 0.6 is 0 Å². The molecule has 0 aliphatic carbocycles. The summed E-state index contributed by atoms with van der Waals surface area (Å²) in [7, 11) is 1.58. The van der Waals surface area contributed by atoms with Gasteiger partial charge in [-0.2, -0.15) is 5.26 Å². The van der Waals surface area contributed by atoms with Crippen LogP contribution in [0.1, 0.15) is 27.4 Å². The number of nitriles is 1. The molecule has 5 rings (SSSR count). The fraction of sp³-hybridized carbons (Fsp3) is 0.0714. The van der Waals surface area contributed by atoms with E-state index in [0.717, 1.165) is 21.9 Å². The van der Waals surface area contributed by atoms with Crippen LogP contribution in [0.4, 0.5) is 0 Å². The Morgan fingerprint density at radius 3 is 2.56 bits per heavy atom. The SMILES string of the molecule is COc1ccccc1C1C(C#N)=C(N)Oc2cc(OC(=O)c3cccc4ccccc34)ccc21. The van der Waals surface area contributed by atoms with Crippen molar-refractivity contribution in [1.29, 1.82) is 5.26 Å². The molecule has 0 saturated heterocycles. The maximum absolute atomic E-state index is 13.0. The molecule has 0 saturated carbocycles. The number of methoxy groups -OCH3 is 1. The van der Waals surface area contributed by atoms with E-state index in [0.29, 0.717) is 22.8 Å². The van der Waals surface area contributed by atoms with Gasteiger partial charge in [0.1, 0.15) is 28.9 Å². The Balaban J connectivity index is 1.53. The summed E-state index contributed by atoms with van der Waals surface area (Å²) in [5.74, 6) is 0.401. The third-order valence-electron chi connectivity index (χ3n) is 5.86. The Morgan fingerprint density at radius 2 is 1.74 bits per heavy atom. The van der Waals surface area contributed by atoms with Crippen molar-refractivity contribution in [2.45, 2.75) is 5.92 Å². The molecule has 166 valence electrons. The smallest absolute Gasteiger partial charge is 0.344 e. The van der Waals surface area contributed by atoms with Gasteiger partial charge in [0.05, 0.1) is 18.6 Å². The summed E-state index contributed by atoms with van der Waals surface area (Å²) < 4.78 is 17.0. The molecule has 6 nitrogen and oxygen atoms in total. The summed E-state index contributed by atoms with van der Waals surface area (Å²) in [6.07, 6.45) is 0. The first-order valence-corrected chi connectivity index (χ1v) is 10.6. The molecule has 4 aromatic carbocycles. The molecule has 0 fully saturated rings. The average Bonchev–Trinajstić information content (AvgIpc) is 2.87. The summed E-state index contributed by atoms with van der Waals surface area (Å²) in [6.45, 7) is 0. The number of ether oxygens (including phenoxy) is 3. The Labute approximate surface area is 196 Å². The number of benzene rings is 4. The quantitative estimate of drug-likeness (QED) is 0.337. The predicted molar refractivity (Wildman–Crippen MR) is 128 cm³/mol. The molecule has 6 heteroatoms. The van der Waals surface area contributed by atoms with E-state index in [4.69, 9.17) is 19.9 Å². The van der Waals surface area contributed by atoms with Gasteiger partial charge in [0.2, 0.25) is 5.88 Å². The third kappa shape index (κ3) is 3.59. The van der Waals surface area contributed by atoms with E-state index in [1.54, 1.807) is 31.4 Å². The molecule has 1 unspecified atom stereocenters. The first kappa shape index (κ1) is 21.1. The Bertz CT molecular complexity index is 1490. The lowest BCUT2D eigenvalue weighted by Gasteiger charge is -2.27. The van der Waals surface area contributed by atoms with Crippen LogP contribution in [0.2, 0.25) is 0 Å². The number of carbonyl (C=O) groups is 1. The fourth-order valence-electron chi connectivity index (χ4n) is 4.29. The second-order valence-electron chi connectivity index (χ2n) is 7.78. The van der Waals surface area contributed by atoms with Crippen molar-refractivity contribution in [2.24, 2.45) is 5.73 Å². The number of hydrogen-bond donors (Lipinski definition) is 1. The fourth-order valence-corrected chi connectivity index (χ4v) is 4.29. The molecule has 1 aliphatic heterocycles. The number of nitrogens with zero attached hydrogens (tertiary/aromatic N) is 1. The van der Waals surface area contributed by atoms with Crippen molar-refractivity contribution < 1.29 is 19.0 Å². The number of para-hydroxylation sites is 1. The largest absolute Gasteiger partial charge is 0.496 e. The molecule has 0 amide bonds. The molecule has 0 aromatic heterocycles. The van der Waals surface area contributed by atoms with Crippen LogP contribution in [-0.4, -0.2) is 13.1 Å². The summed E-state index contributed by atoms with van der Waals surface area (Å²) in [4.78, 5) is 13.0. The lowest BCUT2D eigenvalue weighted by molar-refractivity contribution is 0.0736. The van der Waals surface area contributed by atoms with Crippen molar-refractivity contribution in [2.75, 3.05) is 7.11 Å². The molecule has 0 bridgehead atoms. The van der Waals surface area contributed by atoms with Gasteiger partial charge in [-0.05, 0) is 29.0 Å². The lowest BCUT2D eigenvalue weighted by atomic mass is 9.83. The van der Waals surface area contributed by atoms with Gasteiger partial charge in [-0.25, -0.2) is 4.79 Å². The molecular weight excluding hydrogens is 428 g/mol. The highest BCUT2D eigenvalue weighted by Crippen LogP contribution is 2.45. The maximum Gasteiger partial charge on any atom is 0.344 e. The van der Waals surface area contributed by atoms with Gasteiger partial charge in [0, 0.05) is 17.2 Å². The Morgan fingerprint density at radius 1 is 0.971 bits per heavy atom. The molecular formula is C28H20N2O4. The highest BCUT2D eigenvalue weighted by molar-refractivity contribution is 6.05. The normalized spacial score (nSPS) is 14.6. The maximum atomic E-state index is 13.0. The summed E-state index contributed by atoms with van der Waals surface area (Å²) in [5.41, 5.74) is 8.38. The molecule has 1 heterocycles. The molecule has 34 heavy (non-hydrogen) atoms. The molecule has 4 aromatic rings. The van der Waals surface area contributed by atoms with Crippen LogP contribution in [0.15, 0.2) is 96.4 Å². The van der Waals surface area contributed by atoms with Crippen LogP contribution in [0.5, 0.6) is 17.2 Å². The van der Waals surface area contributed by atoms with E-state index in [-0.39, 0.29) is 11.5 Å². The number of carbonyl (C=O) groups excluding carboxylic acids is 1.